The molecule has 0 saturated carbocycles. The van der Waals surface area contributed by atoms with Gasteiger partial charge in [0.05, 0.1) is 11.1 Å². The van der Waals surface area contributed by atoms with Crippen molar-refractivity contribution in [2.45, 2.75) is 50.4 Å². The molecule has 0 saturated heterocycles. The molecule has 0 aliphatic heterocycles. The minimum atomic E-state index is -0.00402. The molecule has 0 bridgehead atoms. The monoisotopic (exact) mass is 347 g/mol. The van der Waals surface area contributed by atoms with Crippen LogP contribution in [0.5, 0.6) is 0 Å². The van der Waals surface area contributed by atoms with Crippen LogP contribution in [0.4, 0.5) is 0 Å². The maximum Gasteiger partial charge on any atom is 0.260 e. The summed E-state index contributed by atoms with van der Waals surface area (Å²) in [5, 5.41) is 5.44. The lowest BCUT2D eigenvalue weighted by molar-refractivity contribution is 0.392. The number of hydrogen-bond donors (Lipinski definition) is 1. The summed E-state index contributed by atoms with van der Waals surface area (Å²) in [5.74, 6) is 1.52. The number of H-pyrrole nitrogens is 1. The third kappa shape index (κ3) is 2.61. The van der Waals surface area contributed by atoms with Gasteiger partial charge in [-0.2, -0.15) is 0 Å². The van der Waals surface area contributed by atoms with E-state index in [9.17, 15) is 4.79 Å². The average Bonchev–Trinajstić information content (AvgIpc) is 3.06. The van der Waals surface area contributed by atoms with Gasteiger partial charge < -0.3 is 9.51 Å². The fourth-order valence-electron chi connectivity index (χ4n) is 3.06. The van der Waals surface area contributed by atoms with Crippen molar-refractivity contribution in [2.75, 3.05) is 0 Å². The fourth-order valence-corrected chi connectivity index (χ4v) is 5.39. The number of thiophene rings is 1. The molecule has 7 heteroatoms. The number of rotatable bonds is 3. The average molecular weight is 347 g/mol. The number of nitrogens with zero attached hydrogens (tertiary/aromatic N) is 2. The second-order valence-corrected chi connectivity index (χ2v) is 7.90. The van der Waals surface area contributed by atoms with Crippen LogP contribution in [0.2, 0.25) is 0 Å². The molecule has 0 fully saturated rings. The molecule has 0 radical (unpaired) electrons. The largest absolute Gasteiger partial charge is 0.361 e. The highest BCUT2D eigenvalue weighted by Gasteiger charge is 2.20. The van der Waals surface area contributed by atoms with E-state index in [1.54, 1.807) is 11.3 Å². The third-order valence-electron chi connectivity index (χ3n) is 4.34. The molecule has 0 spiro atoms. The van der Waals surface area contributed by atoms with Crippen molar-refractivity contribution in [3.8, 4) is 0 Å². The number of aromatic amines is 1. The van der Waals surface area contributed by atoms with E-state index in [0.29, 0.717) is 10.9 Å². The number of nitrogens with one attached hydrogen (secondary N) is 1. The summed E-state index contributed by atoms with van der Waals surface area (Å²) >= 11 is 3.20. The van der Waals surface area contributed by atoms with Crippen molar-refractivity contribution in [1.29, 1.82) is 0 Å². The molecule has 0 amide bonds. The van der Waals surface area contributed by atoms with Crippen LogP contribution in [0.1, 0.15) is 40.3 Å². The normalized spacial score (nSPS) is 14.3. The fraction of sp³-hybridized carbons (Fsp3) is 0.438. The standard InChI is InChI=1S/C16H17N3O2S2/c1-8-11(9(2)21-19-8)7-22-16-17-14(20)13-10-5-3-4-6-12(10)23-15(13)18-16/h3-7H2,1-2H3,(H,17,18,20). The first-order valence-electron chi connectivity index (χ1n) is 7.72. The summed E-state index contributed by atoms with van der Waals surface area (Å²) < 4.78 is 5.18. The Morgan fingerprint density at radius 1 is 1.30 bits per heavy atom. The van der Waals surface area contributed by atoms with Crippen molar-refractivity contribution < 1.29 is 4.52 Å². The molecule has 0 aromatic carbocycles. The van der Waals surface area contributed by atoms with Crippen LogP contribution in [0.25, 0.3) is 10.2 Å². The summed E-state index contributed by atoms with van der Waals surface area (Å²) in [6.45, 7) is 3.83. The van der Waals surface area contributed by atoms with Gasteiger partial charge in [0.1, 0.15) is 10.6 Å². The van der Waals surface area contributed by atoms with Gasteiger partial charge in [-0.3, -0.25) is 4.79 Å². The van der Waals surface area contributed by atoms with Crippen LogP contribution in [-0.2, 0) is 18.6 Å². The summed E-state index contributed by atoms with van der Waals surface area (Å²) in [6.07, 6.45) is 4.47. The molecule has 0 unspecified atom stereocenters. The van der Waals surface area contributed by atoms with E-state index >= 15 is 0 Å². The van der Waals surface area contributed by atoms with Crippen LogP contribution < -0.4 is 5.56 Å². The highest BCUT2D eigenvalue weighted by atomic mass is 32.2. The number of fused-ring (bicyclic) bond motifs is 3. The minimum Gasteiger partial charge on any atom is -0.361 e. The Bertz CT molecular complexity index is 919. The Morgan fingerprint density at radius 2 is 2.13 bits per heavy atom. The van der Waals surface area contributed by atoms with Crippen LogP contribution >= 0.6 is 23.1 Å². The van der Waals surface area contributed by atoms with E-state index in [4.69, 9.17) is 4.52 Å². The molecule has 1 aliphatic rings. The van der Waals surface area contributed by atoms with Crippen molar-refractivity contribution in [3.63, 3.8) is 0 Å². The van der Waals surface area contributed by atoms with Crippen molar-refractivity contribution in [3.05, 3.63) is 37.8 Å². The molecule has 4 rings (SSSR count). The Balaban J connectivity index is 1.68. The molecule has 3 aromatic heterocycles. The zero-order valence-electron chi connectivity index (χ0n) is 13.1. The summed E-state index contributed by atoms with van der Waals surface area (Å²) in [6, 6.07) is 0. The Labute approximate surface area is 141 Å². The zero-order chi connectivity index (χ0) is 16.0. The van der Waals surface area contributed by atoms with E-state index < -0.39 is 0 Å². The molecule has 3 heterocycles. The van der Waals surface area contributed by atoms with Gasteiger partial charge in [0.15, 0.2) is 5.16 Å². The lowest BCUT2D eigenvalue weighted by Gasteiger charge is -2.09. The molecule has 23 heavy (non-hydrogen) atoms. The minimum absolute atomic E-state index is 0.00402. The van der Waals surface area contributed by atoms with Gasteiger partial charge in [0.25, 0.3) is 5.56 Å². The first kappa shape index (κ1) is 15.0. The van der Waals surface area contributed by atoms with E-state index in [1.165, 1.54) is 35.0 Å². The smallest absolute Gasteiger partial charge is 0.260 e. The van der Waals surface area contributed by atoms with Crippen LogP contribution in [0, 0.1) is 13.8 Å². The summed E-state index contributed by atoms with van der Waals surface area (Å²) in [5.41, 5.74) is 3.19. The Hall–Kier alpha value is -1.60. The van der Waals surface area contributed by atoms with E-state index in [2.05, 4.69) is 15.1 Å². The van der Waals surface area contributed by atoms with Gasteiger partial charge >= 0.3 is 0 Å². The predicted octanol–water partition coefficient (Wildman–Crippen LogP) is 3.76. The number of aryl methyl sites for hydroxylation is 4. The van der Waals surface area contributed by atoms with Crippen molar-refractivity contribution in [1.82, 2.24) is 15.1 Å². The maximum atomic E-state index is 12.5. The van der Waals surface area contributed by atoms with Crippen molar-refractivity contribution >= 4 is 33.3 Å². The molecular weight excluding hydrogens is 330 g/mol. The molecule has 3 aromatic rings. The molecule has 1 N–H and O–H groups in total. The second kappa shape index (κ2) is 5.79. The molecule has 120 valence electrons. The lowest BCUT2D eigenvalue weighted by Crippen LogP contribution is -2.10. The van der Waals surface area contributed by atoms with Gasteiger partial charge in [-0.05, 0) is 45.1 Å². The van der Waals surface area contributed by atoms with Gasteiger partial charge in [0.2, 0.25) is 0 Å². The van der Waals surface area contributed by atoms with Gasteiger partial charge in [-0.25, -0.2) is 4.98 Å². The predicted molar refractivity (Wildman–Crippen MR) is 92.4 cm³/mol. The van der Waals surface area contributed by atoms with E-state index in [-0.39, 0.29) is 5.56 Å². The van der Waals surface area contributed by atoms with E-state index in [1.807, 2.05) is 13.8 Å². The topological polar surface area (TPSA) is 71.8 Å². The molecule has 1 aliphatic carbocycles. The molecule has 5 nitrogen and oxygen atoms in total. The zero-order valence-corrected chi connectivity index (χ0v) is 14.7. The summed E-state index contributed by atoms with van der Waals surface area (Å²) in [4.78, 5) is 22.3. The van der Waals surface area contributed by atoms with Gasteiger partial charge in [-0.1, -0.05) is 16.9 Å². The Morgan fingerprint density at radius 3 is 2.91 bits per heavy atom. The van der Waals surface area contributed by atoms with Crippen LogP contribution in [-0.4, -0.2) is 15.1 Å². The maximum absolute atomic E-state index is 12.5. The van der Waals surface area contributed by atoms with Crippen molar-refractivity contribution in [2.24, 2.45) is 0 Å². The quantitative estimate of drug-likeness (QED) is 0.577. The number of thioether (sulfide) groups is 1. The van der Waals surface area contributed by atoms with Gasteiger partial charge in [-0.15, -0.1) is 11.3 Å². The first-order valence-corrected chi connectivity index (χ1v) is 9.53. The highest BCUT2D eigenvalue weighted by molar-refractivity contribution is 7.98. The summed E-state index contributed by atoms with van der Waals surface area (Å²) in [7, 11) is 0. The van der Waals surface area contributed by atoms with Crippen LogP contribution in [0.3, 0.4) is 0 Å². The third-order valence-corrected chi connectivity index (χ3v) is 6.42. The first-order chi connectivity index (χ1) is 11.1. The SMILES string of the molecule is Cc1noc(C)c1CSc1nc2sc3c(c2c(=O)[nH]1)CCCC3. The number of aromatic nitrogens is 3. The molecular formula is C16H17N3O2S2. The number of hydrogen-bond acceptors (Lipinski definition) is 6. The van der Waals surface area contributed by atoms with E-state index in [0.717, 1.165) is 40.1 Å². The molecule has 0 atom stereocenters. The van der Waals surface area contributed by atoms with Gasteiger partial charge in [0, 0.05) is 16.2 Å². The second-order valence-electron chi connectivity index (χ2n) is 5.85. The highest BCUT2D eigenvalue weighted by Crippen LogP contribution is 2.34. The lowest BCUT2D eigenvalue weighted by atomic mass is 9.97. The van der Waals surface area contributed by atoms with Crippen LogP contribution in [0.15, 0.2) is 14.5 Å². The Kier molecular flexibility index (Phi) is 3.77.